The number of rotatable bonds is 2. The number of ether oxygens (including phenoxy) is 1. The SMILES string of the molecule is CCNC(=O)[C@]12CCC(C)(C)CC1[C@@H]1C(=O)C=C3[C@@]4(C)[C@H]5O[C@@]5(C#N)C(=O)[C@@H](C)[C@@H]4CC[C@@]3(C)[C@]1(C)CC2. The summed E-state index contributed by atoms with van der Waals surface area (Å²) in [5.74, 6) is -0.233. The highest BCUT2D eigenvalue weighted by Crippen LogP contribution is 2.76. The first-order valence-electron chi connectivity index (χ1n) is 14.9. The first-order valence-corrected chi connectivity index (χ1v) is 14.9. The number of carbonyl (C=O) groups is 3. The van der Waals surface area contributed by atoms with Crippen molar-refractivity contribution in [2.24, 2.45) is 50.7 Å². The lowest BCUT2D eigenvalue weighted by Gasteiger charge is -2.68. The number of carbonyl (C=O) groups excluding carboxylic acids is 3. The van der Waals surface area contributed by atoms with Crippen molar-refractivity contribution in [3.8, 4) is 6.07 Å². The number of Topliss-reactive ketones (excluding diaryl/α,β-unsaturated/α-hetero) is 1. The summed E-state index contributed by atoms with van der Waals surface area (Å²) in [7, 11) is 0. The Morgan fingerprint density at radius 2 is 1.76 bits per heavy atom. The average molecular weight is 521 g/mol. The molecular weight excluding hydrogens is 476 g/mol. The molecule has 6 heteroatoms. The van der Waals surface area contributed by atoms with Crippen molar-refractivity contribution >= 4 is 17.5 Å². The predicted molar refractivity (Wildman–Crippen MR) is 142 cm³/mol. The fraction of sp³-hybridized carbons (Fsp3) is 0.812. The van der Waals surface area contributed by atoms with Crippen LogP contribution in [0.15, 0.2) is 11.6 Å². The third-order valence-electron chi connectivity index (χ3n) is 13.2. The van der Waals surface area contributed by atoms with E-state index in [1.165, 1.54) is 0 Å². The Hall–Kier alpha value is -2.00. The minimum atomic E-state index is -1.36. The maximum absolute atomic E-state index is 14.5. The first kappa shape index (κ1) is 26.2. The van der Waals surface area contributed by atoms with Gasteiger partial charge in [-0.15, -0.1) is 0 Å². The van der Waals surface area contributed by atoms with E-state index in [0.29, 0.717) is 6.54 Å². The van der Waals surface area contributed by atoms with E-state index in [0.717, 1.165) is 50.5 Å². The van der Waals surface area contributed by atoms with E-state index in [1.54, 1.807) is 0 Å². The highest BCUT2D eigenvalue weighted by atomic mass is 16.6. The third-order valence-corrected chi connectivity index (χ3v) is 13.2. The molecule has 1 unspecified atom stereocenters. The Labute approximate surface area is 227 Å². The molecule has 0 aromatic carbocycles. The number of amides is 1. The lowest BCUT2D eigenvalue weighted by molar-refractivity contribution is -0.179. The van der Waals surface area contributed by atoms with Crippen LogP contribution in [0, 0.1) is 62.1 Å². The van der Waals surface area contributed by atoms with Gasteiger partial charge < -0.3 is 10.1 Å². The summed E-state index contributed by atoms with van der Waals surface area (Å²) in [6, 6.07) is 2.23. The maximum atomic E-state index is 14.5. The number of hydrogen-bond donors (Lipinski definition) is 1. The zero-order valence-electron chi connectivity index (χ0n) is 24.2. The van der Waals surface area contributed by atoms with E-state index in [1.807, 2.05) is 19.9 Å². The first-order chi connectivity index (χ1) is 17.7. The van der Waals surface area contributed by atoms with Crippen molar-refractivity contribution in [1.29, 1.82) is 5.26 Å². The van der Waals surface area contributed by atoms with E-state index < -0.39 is 22.5 Å². The number of ketones is 2. The largest absolute Gasteiger partial charge is 0.356 e. The molecular formula is C32H44N2O4. The summed E-state index contributed by atoms with van der Waals surface area (Å²) in [6.45, 7) is 15.9. The molecule has 0 aromatic rings. The number of nitrogens with zero attached hydrogens (tertiary/aromatic N) is 1. The molecule has 0 spiro atoms. The second-order valence-corrected chi connectivity index (χ2v) is 15.1. The number of hydrogen-bond acceptors (Lipinski definition) is 5. The van der Waals surface area contributed by atoms with Crippen molar-refractivity contribution in [2.75, 3.05) is 6.54 Å². The molecule has 0 radical (unpaired) electrons. The fourth-order valence-electron chi connectivity index (χ4n) is 10.8. The van der Waals surface area contributed by atoms with Gasteiger partial charge in [0.2, 0.25) is 11.5 Å². The predicted octanol–water partition coefficient (Wildman–Crippen LogP) is 5.16. The molecule has 5 aliphatic carbocycles. The van der Waals surface area contributed by atoms with E-state index in [2.05, 4.69) is 46.0 Å². The van der Waals surface area contributed by atoms with Gasteiger partial charge in [0.15, 0.2) is 11.6 Å². The molecule has 4 saturated carbocycles. The van der Waals surface area contributed by atoms with Gasteiger partial charge >= 0.3 is 0 Å². The second kappa shape index (κ2) is 7.59. The molecule has 38 heavy (non-hydrogen) atoms. The average Bonchev–Trinajstić information content (AvgIpc) is 3.62. The van der Waals surface area contributed by atoms with E-state index in [4.69, 9.17) is 4.74 Å². The maximum Gasteiger partial charge on any atom is 0.240 e. The topological polar surface area (TPSA) is 99.6 Å². The van der Waals surface area contributed by atoms with Crippen LogP contribution in [-0.4, -0.2) is 35.7 Å². The van der Waals surface area contributed by atoms with Gasteiger partial charge in [-0.1, -0.05) is 47.1 Å². The minimum Gasteiger partial charge on any atom is -0.356 e. The zero-order chi connectivity index (χ0) is 27.7. The van der Waals surface area contributed by atoms with Crippen molar-refractivity contribution in [1.82, 2.24) is 5.32 Å². The second-order valence-electron chi connectivity index (χ2n) is 15.1. The molecule has 6 nitrogen and oxygen atoms in total. The molecule has 0 bridgehead atoms. The van der Waals surface area contributed by atoms with Gasteiger partial charge in [-0.2, -0.15) is 5.26 Å². The van der Waals surface area contributed by atoms with Crippen LogP contribution >= 0.6 is 0 Å². The number of epoxide rings is 1. The van der Waals surface area contributed by atoms with Gasteiger partial charge in [0.25, 0.3) is 0 Å². The monoisotopic (exact) mass is 520 g/mol. The number of allylic oxidation sites excluding steroid dienone is 1. The van der Waals surface area contributed by atoms with Gasteiger partial charge in [0.05, 0.1) is 5.41 Å². The van der Waals surface area contributed by atoms with E-state index in [-0.39, 0.29) is 57.4 Å². The minimum absolute atomic E-state index is 0.00596. The normalized spacial score (nSPS) is 52.2. The van der Waals surface area contributed by atoms with Crippen LogP contribution in [-0.2, 0) is 19.1 Å². The van der Waals surface area contributed by atoms with Gasteiger partial charge in [-0.25, -0.2) is 0 Å². The lowest BCUT2D eigenvalue weighted by Crippen LogP contribution is -2.67. The molecule has 6 aliphatic rings. The molecule has 10 atom stereocenters. The van der Waals surface area contributed by atoms with Crippen molar-refractivity contribution in [3.05, 3.63) is 11.6 Å². The van der Waals surface area contributed by atoms with Crippen LogP contribution in [0.4, 0.5) is 0 Å². The lowest BCUT2D eigenvalue weighted by atomic mass is 9.34. The Bertz CT molecular complexity index is 1210. The summed E-state index contributed by atoms with van der Waals surface area (Å²) >= 11 is 0. The van der Waals surface area contributed by atoms with Crippen molar-refractivity contribution in [2.45, 2.75) is 105 Å². The Morgan fingerprint density at radius 3 is 2.42 bits per heavy atom. The fourth-order valence-corrected chi connectivity index (χ4v) is 10.8. The van der Waals surface area contributed by atoms with Gasteiger partial charge in [-0.3, -0.25) is 14.4 Å². The van der Waals surface area contributed by atoms with Crippen LogP contribution < -0.4 is 5.32 Å². The molecule has 5 fully saturated rings. The van der Waals surface area contributed by atoms with Crippen LogP contribution in [0.25, 0.3) is 0 Å². The van der Waals surface area contributed by atoms with Crippen LogP contribution in [0.2, 0.25) is 0 Å². The van der Waals surface area contributed by atoms with Crippen molar-refractivity contribution in [3.63, 3.8) is 0 Å². The smallest absolute Gasteiger partial charge is 0.240 e. The summed E-state index contributed by atoms with van der Waals surface area (Å²) < 4.78 is 6.04. The van der Waals surface area contributed by atoms with Crippen LogP contribution in [0.3, 0.4) is 0 Å². The standard InChI is InChI=1S/C32H44N2O4/c1-8-34-26(37)31-13-11-27(3,4)16-20(31)23-21(35)15-22-28(5,29(23,6)12-14-31)10-9-19-18(2)24(36)32(17-33)25(38-32)30(19,22)7/h15,18-20,23,25H,8-14,16H2,1-7H3,(H,34,37)/t18-,19-,20?,23+,25+,28+,29+,30-,31-,32-/m0/s1. The molecule has 1 N–H and O–H groups in total. The quantitative estimate of drug-likeness (QED) is 0.507. The number of nitrogens with one attached hydrogen (secondary N) is 1. The summed E-state index contributed by atoms with van der Waals surface area (Å²) in [6.07, 6.45) is 7.57. The zero-order valence-corrected chi connectivity index (χ0v) is 24.2. The Morgan fingerprint density at radius 1 is 1.08 bits per heavy atom. The van der Waals surface area contributed by atoms with Crippen molar-refractivity contribution < 1.29 is 19.1 Å². The number of nitriles is 1. The number of fused-ring (bicyclic) bond motifs is 9. The van der Waals surface area contributed by atoms with Crippen LogP contribution in [0.1, 0.15) is 93.4 Å². The Balaban J connectivity index is 1.50. The molecule has 1 saturated heterocycles. The summed E-state index contributed by atoms with van der Waals surface area (Å²) in [5, 5.41) is 13.2. The molecule has 206 valence electrons. The summed E-state index contributed by atoms with van der Waals surface area (Å²) in [4.78, 5) is 41.4. The molecule has 1 heterocycles. The highest BCUT2D eigenvalue weighted by Gasteiger charge is 2.80. The van der Waals surface area contributed by atoms with Gasteiger partial charge in [0, 0.05) is 23.8 Å². The van der Waals surface area contributed by atoms with E-state index in [9.17, 15) is 19.6 Å². The summed E-state index contributed by atoms with van der Waals surface area (Å²) in [5.41, 5.74) is -1.76. The third kappa shape index (κ3) is 2.80. The molecule has 0 aromatic heterocycles. The highest BCUT2D eigenvalue weighted by molar-refractivity contribution is 5.99. The van der Waals surface area contributed by atoms with Crippen LogP contribution in [0.5, 0.6) is 0 Å². The molecule has 1 aliphatic heterocycles. The molecule has 1 amide bonds. The molecule has 6 rings (SSSR count). The van der Waals surface area contributed by atoms with E-state index >= 15 is 0 Å². The van der Waals surface area contributed by atoms with Gasteiger partial charge in [0.1, 0.15) is 12.2 Å². The Kier molecular flexibility index (Phi) is 5.24. The van der Waals surface area contributed by atoms with Gasteiger partial charge in [-0.05, 0) is 86.0 Å².